The van der Waals surface area contributed by atoms with Crippen LogP contribution in [0, 0.1) is 17.3 Å². The van der Waals surface area contributed by atoms with Gasteiger partial charge in [-0.25, -0.2) is 9.79 Å². The van der Waals surface area contributed by atoms with Crippen molar-refractivity contribution >= 4 is 33.6 Å². The van der Waals surface area contributed by atoms with Gasteiger partial charge in [0.05, 0.1) is 11.8 Å². The number of benzene rings is 1. The minimum Gasteiger partial charge on any atom is -0.444 e. The molecule has 2 spiro atoms. The Labute approximate surface area is 199 Å². The number of methoxy groups -OCH3 is 1. The van der Waals surface area contributed by atoms with Crippen molar-refractivity contribution in [2.24, 2.45) is 27.2 Å². The molecule has 1 saturated carbocycles. The van der Waals surface area contributed by atoms with Crippen molar-refractivity contribution in [2.75, 3.05) is 7.11 Å². The van der Waals surface area contributed by atoms with Crippen LogP contribution in [0.3, 0.4) is 0 Å². The zero-order valence-electron chi connectivity index (χ0n) is 20.1. The molecule has 6 nitrogen and oxygen atoms in total. The van der Waals surface area contributed by atoms with Gasteiger partial charge in [0.1, 0.15) is 5.60 Å². The van der Waals surface area contributed by atoms with Gasteiger partial charge in [-0.15, -0.1) is 0 Å². The Morgan fingerprint density at radius 1 is 1.19 bits per heavy atom. The first-order valence-electron chi connectivity index (χ1n) is 11.4. The lowest BCUT2D eigenvalue weighted by Crippen LogP contribution is -2.49. The van der Waals surface area contributed by atoms with Crippen LogP contribution in [0.25, 0.3) is 0 Å². The molecule has 1 amide bonds. The van der Waals surface area contributed by atoms with E-state index in [-0.39, 0.29) is 11.5 Å². The standard InChI is InChI=1S/C25H34BrN3O3/c1-14-11-24(12-15(2)20(14)31-7)13-17-8-9-18(26)10-19(17)25(24)28-16(3)21(29-25)27-22(30)32-23(4,5)6/h8-10,14-15,20H,11-13H2,1-7H3,(H,27,29,30)/t14-,15+,20?,24?,25-/m0/s1. The second-order valence-electron chi connectivity index (χ2n) is 10.8. The molecular weight excluding hydrogens is 470 g/mol. The van der Waals surface area contributed by atoms with Gasteiger partial charge in [0, 0.05) is 22.6 Å². The topological polar surface area (TPSA) is 72.3 Å². The number of hydrogen-bond acceptors (Lipinski definition) is 5. The number of alkyl carbamates (subject to hydrolysis) is 1. The number of ether oxygens (including phenoxy) is 2. The second-order valence-corrected chi connectivity index (χ2v) is 11.7. The summed E-state index contributed by atoms with van der Waals surface area (Å²) < 4.78 is 12.3. The third kappa shape index (κ3) is 3.81. The zero-order valence-corrected chi connectivity index (χ0v) is 21.7. The van der Waals surface area contributed by atoms with Crippen LogP contribution < -0.4 is 5.32 Å². The molecule has 4 rings (SSSR count). The van der Waals surface area contributed by atoms with Crippen molar-refractivity contribution in [1.82, 2.24) is 5.32 Å². The quantitative estimate of drug-likeness (QED) is 0.540. The summed E-state index contributed by atoms with van der Waals surface area (Å²) in [5, 5.41) is 2.87. The van der Waals surface area contributed by atoms with Crippen LogP contribution in [-0.2, 0) is 21.6 Å². The van der Waals surface area contributed by atoms with Gasteiger partial charge in [-0.1, -0.05) is 35.8 Å². The highest BCUT2D eigenvalue weighted by atomic mass is 79.9. The lowest BCUT2D eigenvalue weighted by atomic mass is 9.59. The number of aliphatic imine (C=N–C) groups is 2. The van der Waals surface area contributed by atoms with Crippen molar-refractivity contribution < 1.29 is 14.3 Å². The summed E-state index contributed by atoms with van der Waals surface area (Å²) >= 11 is 3.65. The Morgan fingerprint density at radius 3 is 2.44 bits per heavy atom. The number of nitrogens with one attached hydrogen (secondary N) is 1. The van der Waals surface area contributed by atoms with Gasteiger partial charge < -0.3 is 9.47 Å². The predicted octanol–water partition coefficient (Wildman–Crippen LogP) is 5.62. The van der Waals surface area contributed by atoms with Gasteiger partial charge in [-0.2, -0.15) is 0 Å². The highest BCUT2D eigenvalue weighted by Crippen LogP contribution is 2.63. The maximum absolute atomic E-state index is 12.5. The van der Waals surface area contributed by atoms with Crippen molar-refractivity contribution in [3.8, 4) is 0 Å². The highest BCUT2D eigenvalue weighted by Gasteiger charge is 2.63. The van der Waals surface area contributed by atoms with E-state index in [1.807, 2.05) is 34.8 Å². The monoisotopic (exact) mass is 503 g/mol. The van der Waals surface area contributed by atoms with Crippen molar-refractivity contribution in [2.45, 2.75) is 78.2 Å². The van der Waals surface area contributed by atoms with Crippen molar-refractivity contribution in [3.05, 3.63) is 33.8 Å². The molecular formula is C25H34BrN3O3. The average molecular weight is 504 g/mol. The first kappa shape index (κ1) is 23.4. The fraction of sp³-hybridized carbons (Fsp3) is 0.640. The SMILES string of the molecule is COC1[C@H](C)CC2(Cc3ccc(Br)cc3[C@@]23N=C(C)C(NC(=O)OC(C)(C)C)=N3)C[C@@H]1C. The molecule has 7 heteroatoms. The number of carbonyl (C=O) groups excluding carboxylic acids is 1. The van der Waals surface area contributed by atoms with Gasteiger partial charge in [-0.05, 0) is 76.5 Å². The van der Waals surface area contributed by atoms with E-state index in [9.17, 15) is 4.79 Å². The largest absolute Gasteiger partial charge is 0.444 e. The molecule has 0 radical (unpaired) electrons. The van der Waals surface area contributed by atoms with Crippen molar-refractivity contribution in [3.63, 3.8) is 0 Å². The molecule has 2 aliphatic carbocycles. The third-order valence-electron chi connectivity index (χ3n) is 7.10. The normalized spacial score (nSPS) is 33.8. The van der Waals surface area contributed by atoms with Gasteiger partial charge >= 0.3 is 6.09 Å². The number of nitrogens with zero attached hydrogens (tertiary/aromatic N) is 2. The molecule has 1 heterocycles. The van der Waals surface area contributed by atoms with Crippen LogP contribution >= 0.6 is 15.9 Å². The fourth-order valence-electron chi connectivity index (χ4n) is 6.24. The van der Waals surface area contributed by atoms with Crippen molar-refractivity contribution in [1.29, 1.82) is 0 Å². The molecule has 0 bridgehead atoms. The van der Waals surface area contributed by atoms with Crippen LogP contribution in [0.4, 0.5) is 4.79 Å². The summed E-state index contributed by atoms with van der Waals surface area (Å²) in [5.74, 6) is 1.26. The lowest BCUT2D eigenvalue weighted by molar-refractivity contribution is -0.0730. The molecule has 0 aromatic heterocycles. The van der Waals surface area contributed by atoms with Gasteiger partial charge in [0.15, 0.2) is 11.5 Å². The average Bonchev–Trinajstić information content (AvgIpc) is 3.09. The predicted molar refractivity (Wildman–Crippen MR) is 130 cm³/mol. The smallest absolute Gasteiger partial charge is 0.413 e. The van der Waals surface area contributed by atoms with E-state index in [2.05, 4.69) is 53.3 Å². The maximum atomic E-state index is 12.5. The maximum Gasteiger partial charge on any atom is 0.413 e. The van der Waals surface area contributed by atoms with E-state index in [4.69, 9.17) is 19.5 Å². The van der Waals surface area contributed by atoms with E-state index >= 15 is 0 Å². The van der Waals surface area contributed by atoms with Crippen LogP contribution in [0.5, 0.6) is 0 Å². The highest BCUT2D eigenvalue weighted by molar-refractivity contribution is 9.10. The summed E-state index contributed by atoms with van der Waals surface area (Å²) in [7, 11) is 1.81. The number of hydrogen-bond donors (Lipinski definition) is 1. The van der Waals surface area contributed by atoms with E-state index in [1.54, 1.807) is 0 Å². The lowest BCUT2D eigenvalue weighted by Gasteiger charge is -2.49. The van der Waals surface area contributed by atoms with Crippen LogP contribution in [-0.4, -0.2) is 36.5 Å². The first-order valence-corrected chi connectivity index (χ1v) is 12.2. The van der Waals surface area contributed by atoms with Crippen LogP contribution in [0.15, 0.2) is 32.7 Å². The molecule has 174 valence electrons. The summed E-state index contributed by atoms with van der Waals surface area (Å²) in [5.41, 5.74) is 1.65. The molecule has 1 aromatic rings. The molecule has 2 unspecified atom stereocenters. The summed E-state index contributed by atoms with van der Waals surface area (Å²) in [6.07, 6.45) is 2.56. The first-order chi connectivity index (χ1) is 14.9. The summed E-state index contributed by atoms with van der Waals surface area (Å²) in [4.78, 5) is 22.9. The van der Waals surface area contributed by atoms with E-state index in [0.29, 0.717) is 17.7 Å². The van der Waals surface area contributed by atoms with E-state index < -0.39 is 17.4 Å². The number of rotatable bonds is 1. The van der Waals surface area contributed by atoms with Gasteiger partial charge in [0.25, 0.3) is 0 Å². The Balaban J connectivity index is 1.79. The Kier molecular flexibility index (Phi) is 5.82. The molecule has 0 saturated heterocycles. The Bertz CT molecular complexity index is 985. The Hall–Kier alpha value is -1.73. The summed E-state index contributed by atoms with van der Waals surface area (Å²) in [6, 6.07) is 6.43. The number of amidine groups is 1. The molecule has 3 aliphatic rings. The van der Waals surface area contributed by atoms with E-state index in [0.717, 1.165) is 35.0 Å². The minimum absolute atomic E-state index is 0.164. The van der Waals surface area contributed by atoms with Gasteiger partial charge in [0.2, 0.25) is 0 Å². The van der Waals surface area contributed by atoms with Crippen LogP contribution in [0.2, 0.25) is 0 Å². The molecule has 5 atom stereocenters. The number of carbonyl (C=O) groups is 1. The molecule has 1 aromatic carbocycles. The second kappa shape index (κ2) is 7.94. The zero-order chi connectivity index (χ0) is 23.5. The number of amides is 1. The van der Waals surface area contributed by atoms with E-state index in [1.165, 1.54) is 5.56 Å². The van der Waals surface area contributed by atoms with Crippen LogP contribution in [0.1, 0.15) is 65.5 Å². The number of halogens is 1. The molecule has 1 N–H and O–H groups in total. The molecule has 1 aliphatic heterocycles. The third-order valence-corrected chi connectivity index (χ3v) is 7.59. The van der Waals surface area contributed by atoms with Gasteiger partial charge in [-0.3, -0.25) is 10.3 Å². The molecule has 32 heavy (non-hydrogen) atoms. The summed E-state index contributed by atoms with van der Waals surface area (Å²) in [6.45, 7) is 12.0. The Morgan fingerprint density at radius 2 is 1.84 bits per heavy atom. The fourth-order valence-corrected chi connectivity index (χ4v) is 6.60. The number of fused-ring (bicyclic) bond motifs is 3. The minimum atomic E-state index is -0.748. The molecule has 1 fully saturated rings.